The summed E-state index contributed by atoms with van der Waals surface area (Å²) in [6.45, 7) is 18.0. The molecular weight excluding hydrogens is 617 g/mol. The Morgan fingerprint density at radius 2 is 1.22 bits per heavy atom. The van der Waals surface area contributed by atoms with Gasteiger partial charge >= 0.3 is 194 Å². The summed E-state index contributed by atoms with van der Waals surface area (Å²) < 4.78 is 1.17. The van der Waals surface area contributed by atoms with Crippen molar-refractivity contribution in [2.75, 3.05) is 4.90 Å². The number of fused-ring (bicyclic) bond motifs is 4. The van der Waals surface area contributed by atoms with E-state index in [1.807, 2.05) is 18.2 Å². The van der Waals surface area contributed by atoms with Crippen molar-refractivity contribution in [3.8, 4) is 0 Å². The fraction of sp³-hybridized carbons (Fsp3) is 0.268. The first kappa shape index (κ1) is 29.7. The van der Waals surface area contributed by atoms with Crippen molar-refractivity contribution in [1.82, 2.24) is 0 Å². The Kier molecular flexibility index (Phi) is 6.61. The van der Waals surface area contributed by atoms with E-state index < -0.39 is 0 Å². The Morgan fingerprint density at radius 3 is 1.80 bits per heavy atom. The van der Waals surface area contributed by atoms with Gasteiger partial charge in [-0.2, -0.15) is 0 Å². The van der Waals surface area contributed by atoms with Gasteiger partial charge in [-0.1, -0.05) is 50.2 Å². The van der Waals surface area contributed by atoms with Crippen LogP contribution in [0.25, 0.3) is 15.7 Å². The molecule has 0 saturated heterocycles. The molecule has 4 aromatic carbocycles. The van der Waals surface area contributed by atoms with Crippen molar-refractivity contribution in [2.24, 2.45) is 0 Å². The summed E-state index contributed by atoms with van der Waals surface area (Å²) in [5.41, 5.74) is 9.95. The summed E-state index contributed by atoms with van der Waals surface area (Å²) in [5.74, 6) is -0.337. The average molecular weight is 657 g/mol. The van der Waals surface area contributed by atoms with Gasteiger partial charge in [0.25, 0.3) is 0 Å². The van der Waals surface area contributed by atoms with Crippen LogP contribution in [0.5, 0.6) is 0 Å². The van der Waals surface area contributed by atoms with E-state index in [9.17, 15) is 9.59 Å². The third-order valence-electron chi connectivity index (χ3n) is 9.53. The van der Waals surface area contributed by atoms with Crippen LogP contribution >= 0.6 is 0 Å². The van der Waals surface area contributed by atoms with Gasteiger partial charge in [0.15, 0.2) is 0 Å². The molecule has 7 rings (SSSR count). The van der Waals surface area contributed by atoms with Gasteiger partial charge in [0.2, 0.25) is 0 Å². The van der Waals surface area contributed by atoms with Crippen molar-refractivity contribution in [2.45, 2.75) is 71.6 Å². The van der Waals surface area contributed by atoms with Crippen molar-refractivity contribution in [1.29, 1.82) is 0 Å². The first-order chi connectivity index (χ1) is 21.2. The number of anilines is 3. The zero-order chi connectivity index (χ0) is 32.1. The normalized spacial score (nSPS) is 16.7. The predicted octanol–water partition coefficient (Wildman–Crippen LogP) is 10.1. The molecule has 0 atom stereocenters. The number of hydrogen-bond acceptors (Lipinski definition) is 3. The quantitative estimate of drug-likeness (QED) is 0.108. The summed E-state index contributed by atoms with van der Waals surface area (Å²) >= 11 is 0.206. The van der Waals surface area contributed by atoms with Gasteiger partial charge < -0.3 is 0 Å². The van der Waals surface area contributed by atoms with E-state index in [4.69, 9.17) is 0 Å². The third-order valence-corrected chi connectivity index (χ3v) is 11.4. The number of Topliss-reactive ketones (excluding diaryl/α,β-unsaturated/α-hetero) is 2. The molecule has 2 aliphatic rings. The maximum absolute atomic E-state index is 13.8. The third kappa shape index (κ3) is 4.61. The molecule has 0 saturated carbocycles. The molecule has 0 unspecified atom stereocenters. The van der Waals surface area contributed by atoms with Crippen LogP contribution in [0, 0.1) is 0 Å². The molecule has 1 aliphatic heterocycles. The molecule has 3 nitrogen and oxygen atoms in total. The molecule has 1 aromatic heterocycles. The Labute approximate surface area is 272 Å². The summed E-state index contributed by atoms with van der Waals surface area (Å²) in [5, 5.41) is 1.07. The Bertz CT molecular complexity index is 1990. The van der Waals surface area contributed by atoms with Crippen LogP contribution in [0.3, 0.4) is 0 Å². The minimum absolute atomic E-state index is 0.155. The monoisotopic (exact) mass is 657 g/mol. The molecule has 0 amide bonds. The van der Waals surface area contributed by atoms with Gasteiger partial charge in [0, 0.05) is 5.41 Å². The molecule has 0 N–H and O–H groups in total. The number of rotatable bonds is 2. The molecule has 2 heterocycles. The molecule has 5 aromatic rings. The molecule has 1 aliphatic carbocycles. The molecule has 0 radical (unpaired) electrons. The van der Waals surface area contributed by atoms with Crippen LogP contribution < -0.4 is 4.90 Å². The second-order valence-corrected chi connectivity index (χ2v) is 17.0. The Hall–Kier alpha value is -3.98. The van der Waals surface area contributed by atoms with Crippen LogP contribution in [0.2, 0.25) is 0 Å². The number of carbonyl (C=O) groups is 2. The minimum atomic E-state index is -0.252. The van der Waals surface area contributed by atoms with Crippen molar-refractivity contribution in [3.05, 3.63) is 128 Å². The number of allylic oxidation sites excluding steroid dienone is 1. The second kappa shape index (κ2) is 10.0. The maximum atomic E-state index is 13.8. The SMILES string of the molecule is CC(C)(C)c1cc(N2c3ccccc3C(C)(C)c3ccccc32)c(C(C)(C)C)cc1/C=C1/C(=O)c2cc3cc[se]c3cc2C1=O. The van der Waals surface area contributed by atoms with Gasteiger partial charge in [-0.15, -0.1) is 0 Å². The number of ketones is 2. The molecule has 45 heavy (non-hydrogen) atoms. The fourth-order valence-electron chi connectivity index (χ4n) is 7.15. The van der Waals surface area contributed by atoms with E-state index >= 15 is 0 Å². The molecule has 4 heteroatoms. The molecule has 0 spiro atoms. The summed E-state index contributed by atoms with van der Waals surface area (Å²) in [7, 11) is 0. The number of nitrogens with zero attached hydrogens (tertiary/aromatic N) is 1. The fourth-order valence-corrected chi connectivity index (χ4v) is 8.85. The van der Waals surface area contributed by atoms with E-state index in [0.29, 0.717) is 11.1 Å². The summed E-state index contributed by atoms with van der Waals surface area (Å²) in [6, 6.07) is 28.0. The zero-order valence-electron chi connectivity index (χ0n) is 27.3. The molecule has 226 valence electrons. The molecular formula is C41H39NO2Se. The van der Waals surface area contributed by atoms with E-state index in [0.717, 1.165) is 27.8 Å². The second-order valence-electron chi connectivity index (χ2n) is 15.0. The van der Waals surface area contributed by atoms with Crippen molar-refractivity contribution >= 4 is 58.9 Å². The first-order valence-corrected chi connectivity index (χ1v) is 17.5. The van der Waals surface area contributed by atoms with Gasteiger partial charge in [-0.05, 0) is 23.3 Å². The number of hydrogen-bond donors (Lipinski definition) is 0. The van der Waals surface area contributed by atoms with Gasteiger partial charge in [0.1, 0.15) is 0 Å². The standard InChI is InChI=1S/C41H39NO2Se/c1-39(2,3)31-23-35(42-33-15-11-9-13-29(33)41(7,8)30-14-10-12-16-34(30)42)32(40(4,5)6)21-25(31)20-28-37(43)26-19-24-17-18-45-36(24)22-27(26)38(28)44/h9-23H,1-8H3/b28-20-. The predicted molar refractivity (Wildman–Crippen MR) is 188 cm³/mol. The van der Waals surface area contributed by atoms with E-state index in [1.165, 1.54) is 26.8 Å². The first-order valence-electron chi connectivity index (χ1n) is 15.7. The van der Waals surface area contributed by atoms with Crippen molar-refractivity contribution in [3.63, 3.8) is 0 Å². The zero-order valence-corrected chi connectivity index (χ0v) is 29.0. The van der Waals surface area contributed by atoms with Crippen LogP contribution in [-0.4, -0.2) is 26.1 Å². The number of para-hydroxylation sites is 2. The summed E-state index contributed by atoms with van der Waals surface area (Å²) in [6.07, 6.45) is 1.87. The Balaban J connectivity index is 1.48. The van der Waals surface area contributed by atoms with Crippen LogP contribution in [0.1, 0.15) is 104 Å². The van der Waals surface area contributed by atoms with E-state index in [-0.39, 0.29) is 47.9 Å². The van der Waals surface area contributed by atoms with Gasteiger partial charge in [0.05, 0.1) is 0 Å². The average Bonchev–Trinajstić information content (AvgIpc) is 3.53. The van der Waals surface area contributed by atoms with E-state index in [2.05, 4.69) is 132 Å². The van der Waals surface area contributed by atoms with Gasteiger partial charge in [-0.3, -0.25) is 0 Å². The van der Waals surface area contributed by atoms with E-state index in [1.54, 1.807) is 0 Å². The van der Waals surface area contributed by atoms with Gasteiger partial charge in [-0.25, -0.2) is 0 Å². The van der Waals surface area contributed by atoms with Crippen LogP contribution in [0.4, 0.5) is 17.1 Å². The molecule has 0 bridgehead atoms. The van der Waals surface area contributed by atoms with Crippen molar-refractivity contribution < 1.29 is 9.59 Å². The Morgan fingerprint density at radius 1 is 0.667 bits per heavy atom. The van der Waals surface area contributed by atoms with Crippen LogP contribution in [-0.2, 0) is 16.2 Å². The topological polar surface area (TPSA) is 37.4 Å². The number of benzene rings is 4. The molecule has 0 fully saturated rings. The number of carbonyl (C=O) groups excluding carboxylic acids is 2. The van der Waals surface area contributed by atoms with Crippen LogP contribution in [0.15, 0.2) is 89.4 Å². The summed E-state index contributed by atoms with van der Waals surface area (Å²) in [4.78, 5) is 32.2.